The third-order valence-electron chi connectivity index (χ3n) is 2.24. The molecule has 6 heteroatoms. The molecule has 1 heterocycles. The molecule has 0 radical (unpaired) electrons. The van der Waals surface area contributed by atoms with Crippen LogP contribution in [-0.2, 0) is 6.61 Å². The summed E-state index contributed by atoms with van der Waals surface area (Å²) in [4.78, 5) is 3.94. The van der Waals surface area contributed by atoms with Gasteiger partial charge < -0.3 is 9.84 Å². The zero-order valence-corrected chi connectivity index (χ0v) is 12.1. The van der Waals surface area contributed by atoms with E-state index in [0.717, 1.165) is 0 Å². The normalized spacial score (nSPS) is 10.4. The van der Waals surface area contributed by atoms with E-state index in [9.17, 15) is 5.11 Å². The second kappa shape index (κ2) is 5.89. The molecular weight excluding hydrogens is 341 g/mol. The maximum absolute atomic E-state index is 9.19. The number of rotatable bonds is 3. The topological polar surface area (TPSA) is 42.4 Å². The Bertz CT molecular complexity index is 578. The average Bonchev–Trinajstić information content (AvgIpc) is 2.36. The maximum Gasteiger partial charge on any atom is 0.151 e. The van der Waals surface area contributed by atoms with Crippen molar-refractivity contribution in [3.63, 3.8) is 0 Å². The number of ether oxygens (including phenoxy) is 1. The molecule has 2 rings (SSSR count). The number of hydrogen-bond donors (Lipinski definition) is 1. The number of hydrogen-bond acceptors (Lipinski definition) is 3. The zero-order chi connectivity index (χ0) is 13.1. The van der Waals surface area contributed by atoms with Gasteiger partial charge in [0.25, 0.3) is 0 Å². The van der Waals surface area contributed by atoms with Gasteiger partial charge in [-0.05, 0) is 28.1 Å². The second-order valence-electron chi connectivity index (χ2n) is 3.44. The number of halogens is 3. The lowest BCUT2D eigenvalue weighted by atomic mass is 10.2. The number of aromatic nitrogens is 1. The molecule has 0 bridgehead atoms. The van der Waals surface area contributed by atoms with Crippen LogP contribution >= 0.6 is 39.1 Å². The van der Waals surface area contributed by atoms with Gasteiger partial charge in [-0.25, -0.2) is 0 Å². The summed E-state index contributed by atoms with van der Waals surface area (Å²) in [6.45, 7) is -0.139. The van der Waals surface area contributed by atoms with Crippen molar-refractivity contribution < 1.29 is 9.84 Å². The quantitative estimate of drug-likeness (QED) is 0.834. The molecule has 0 amide bonds. The Hall–Kier alpha value is -0.810. The molecule has 3 nitrogen and oxygen atoms in total. The van der Waals surface area contributed by atoms with Crippen molar-refractivity contribution >= 4 is 39.1 Å². The highest BCUT2D eigenvalue weighted by Crippen LogP contribution is 2.37. The van der Waals surface area contributed by atoms with Gasteiger partial charge in [0.2, 0.25) is 0 Å². The fourth-order valence-corrected chi connectivity index (χ4v) is 2.16. The van der Waals surface area contributed by atoms with E-state index in [2.05, 4.69) is 20.9 Å². The number of aliphatic hydroxyl groups excluding tert-OH is 1. The molecule has 0 saturated heterocycles. The lowest BCUT2D eigenvalue weighted by Gasteiger charge is -2.11. The molecule has 0 spiro atoms. The average molecular weight is 349 g/mol. The van der Waals surface area contributed by atoms with Gasteiger partial charge in [-0.15, -0.1) is 0 Å². The summed E-state index contributed by atoms with van der Waals surface area (Å²) in [5, 5.41) is 10.1. The van der Waals surface area contributed by atoms with Crippen LogP contribution < -0.4 is 4.74 Å². The summed E-state index contributed by atoms with van der Waals surface area (Å²) in [5.41, 5.74) is 0.625. The smallest absolute Gasteiger partial charge is 0.151 e. The molecule has 1 aromatic carbocycles. The predicted molar refractivity (Wildman–Crippen MR) is 74.4 cm³/mol. The highest BCUT2D eigenvalue weighted by atomic mass is 79.9. The van der Waals surface area contributed by atoms with E-state index in [1.54, 1.807) is 24.4 Å². The van der Waals surface area contributed by atoms with Crippen molar-refractivity contribution in [1.82, 2.24) is 4.98 Å². The molecule has 0 fully saturated rings. The van der Waals surface area contributed by atoms with Crippen molar-refractivity contribution in [2.75, 3.05) is 0 Å². The van der Waals surface area contributed by atoms with Crippen LogP contribution in [0.3, 0.4) is 0 Å². The molecule has 0 unspecified atom stereocenters. The second-order valence-corrected chi connectivity index (χ2v) is 5.11. The fourth-order valence-electron chi connectivity index (χ4n) is 1.33. The molecule has 18 heavy (non-hydrogen) atoms. The first-order valence-electron chi connectivity index (χ1n) is 4.98. The van der Waals surface area contributed by atoms with E-state index in [0.29, 0.717) is 31.6 Å². The molecule has 0 saturated carbocycles. The van der Waals surface area contributed by atoms with Gasteiger partial charge in [-0.2, -0.15) is 0 Å². The Labute approximate surface area is 122 Å². The van der Waals surface area contributed by atoms with Crippen molar-refractivity contribution in [3.8, 4) is 11.5 Å². The van der Waals surface area contributed by atoms with Crippen molar-refractivity contribution in [2.24, 2.45) is 0 Å². The van der Waals surface area contributed by atoms with Crippen LogP contribution in [0.25, 0.3) is 0 Å². The molecule has 1 N–H and O–H groups in total. The summed E-state index contributed by atoms with van der Waals surface area (Å²) in [6, 6.07) is 4.92. The maximum atomic E-state index is 9.19. The van der Waals surface area contributed by atoms with Crippen LogP contribution in [0.5, 0.6) is 11.5 Å². The number of aliphatic hydroxyl groups is 1. The largest absolute Gasteiger partial charge is 0.454 e. The summed E-state index contributed by atoms with van der Waals surface area (Å²) < 4.78 is 6.30. The van der Waals surface area contributed by atoms with Crippen LogP contribution in [0.15, 0.2) is 35.1 Å². The SMILES string of the molecule is OCc1ccncc1Oc1cc(Cl)c(Br)cc1Cl. The number of pyridine rings is 1. The predicted octanol–water partition coefficient (Wildman–Crippen LogP) is 4.44. The Balaban J connectivity index is 2.37. The van der Waals surface area contributed by atoms with Crippen LogP contribution in [0.4, 0.5) is 0 Å². The Morgan fingerprint density at radius 2 is 2.00 bits per heavy atom. The Morgan fingerprint density at radius 1 is 1.22 bits per heavy atom. The van der Waals surface area contributed by atoms with E-state index >= 15 is 0 Å². The summed E-state index contributed by atoms with van der Waals surface area (Å²) in [5.74, 6) is 0.854. The molecule has 1 aromatic heterocycles. The number of benzene rings is 1. The van der Waals surface area contributed by atoms with E-state index in [1.165, 1.54) is 6.20 Å². The standard InChI is InChI=1S/C12H8BrCl2NO2/c13-8-3-10(15)11(4-9(8)14)18-12-5-16-2-1-7(12)6-17/h1-5,17H,6H2. The van der Waals surface area contributed by atoms with Crippen molar-refractivity contribution in [1.29, 1.82) is 0 Å². The molecular formula is C12H8BrCl2NO2. The van der Waals surface area contributed by atoms with Crippen LogP contribution in [0.2, 0.25) is 10.0 Å². The van der Waals surface area contributed by atoms with E-state index in [-0.39, 0.29) is 6.61 Å². The first kappa shape index (κ1) is 13.6. The van der Waals surface area contributed by atoms with Crippen LogP contribution in [0, 0.1) is 0 Å². The molecule has 0 aliphatic rings. The highest BCUT2D eigenvalue weighted by Gasteiger charge is 2.10. The first-order chi connectivity index (χ1) is 8.61. The highest BCUT2D eigenvalue weighted by molar-refractivity contribution is 9.10. The molecule has 2 aromatic rings. The monoisotopic (exact) mass is 347 g/mol. The van der Waals surface area contributed by atoms with Gasteiger partial charge >= 0.3 is 0 Å². The van der Waals surface area contributed by atoms with Gasteiger partial charge in [-0.3, -0.25) is 4.98 Å². The Morgan fingerprint density at radius 3 is 2.72 bits per heavy atom. The third-order valence-corrected chi connectivity index (χ3v) is 3.73. The van der Waals surface area contributed by atoms with E-state index in [1.807, 2.05) is 0 Å². The lowest BCUT2D eigenvalue weighted by Crippen LogP contribution is -1.93. The van der Waals surface area contributed by atoms with Gasteiger partial charge in [0.05, 0.1) is 22.8 Å². The summed E-state index contributed by atoms with van der Waals surface area (Å²) >= 11 is 15.3. The first-order valence-corrected chi connectivity index (χ1v) is 6.53. The Kier molecular flexibility index (Phi) is 4.45. The minimum atomic E-state index is -0.139. The van der Waals surface area contributed by atoms with Crippen molar-refractivity contribution in [2.45, 2.75) is 6.61 Å². The lowest BCUT2D eigenvalue weighted by molar-refractivity contribution is 0.276. The zero-order valence-electron chi connectivity index (χ0n) is 9.03. The van der Waals surface area contributed by atoms with Gasteiger partial charge in [0.15, 0.2) is 5.75 Å². The van der Waals surface area contributed by atoms with Gasteiger partial charge in [-0.1, -0.05) is 23.2 Å². The van der Waals surface area contributed by atoms with Gasteiger partial charge in [0.1, 0.15) is 5.75 Å². The summed E-state index contributed by atoms with van der Waals surface area (Å²) in [6.07, 6.45) is 3.09. The number of nitrogens with zero attached hydrogens (tertiary/aromatic N) is 1. The molecule has 94 valence electrons. The van der Waals surface area contributed by atoms with E-state index in [4.69, 9.17) is 27.9 Å². The third kappa shape index (κ3) is 2.95. The fraction of sp³-hybridized carbons (Fsp3) is 0.0833. The molecule has 0 aliphatic heterocycles. The summed E-state index contributed by atoms with van der Waals surface area (Å²) in [7, 11) is 0. The molecule has 0 atom stereocenters. The van der Waals surface area contributed by atoms with Crippen molar-refractivity contribution in [3.05, 3.63) is 50.7 Å². The minimum Gasteiger partial charge on any atom is -0.454 e. The van der Waals surface area contributed by atoms with E-state index < -0.39 is 0 Å². The van der Waals surface area contributed by atoms with Gasteiger partial charge in [0, 0.05) is 22.3 Å². The van der Waals surface area contributed by atoms with Crippen LogP contribution in [0.1, 0.15) is 5.56 Å². The minimum absolute atomic E-state index is 0.139. The molecule has 0 aliphatic carbocycles. The van der Waals surface area contributed by atoms with Crippen LogP contribution in [-0.4, -0.2) is 10.1 Å².